The fourth-order valence-electron chi connectivity index (χ4n) is 1.43. The number of hydrogen-bond donors (Lipinski definition) is 2. The summed E-state index contributed by atoms with van der Waals surface area (Å²) in [6, 6.07) is 0. The fraction of sp³-hybridized carbons (Fsp3) is 0.714. The minimum Gasteiger partial charge on any atom is -0.386 e. The molecule has 1 fully saturated rings. The third-order valence-corrected chi connectivity index (χ3v) is 2.45. The number of hydrogen-bond acceptors (Lipinski definition) is 5. The number of aromatic nitrogens is 4. The first-order chi connectivity index (χ1) is 6.64. The number of aromatic amines is 1. The number of amides is 1. The highest BCUT2D eigenvalue weighted by Gasteiger charge is 2.43. The first-order valence-corrected chi connectivity index (χ1v) is 4.40. The molecule has 7 nitrogen and oxygen atoms in total. The van der Waals surface area contributed by atoms with Crippen LogP contribution in [0.2, 0.25) is 0 Å². The lowest BCUT2D eigenvalue weighted by Crippen LogP contribution is -2.63. The highest BCUT2D eigenvalue weighted by atomic mass is 16.3. The summed E-state index contributed by atoms with van der Waals surface area (Å²) in [5, 5.41) is 22.3. The average Bonchev–Trinajstić information content (AvgIpc) is 2.64. The predicted octanol–water partition coefficient (Wildman–Crippen LogP) is -1.20. The molecule has 2 rings (SSSR count). The van der Waals surface area contributed by atoms with E-state index in [1.54, 1.807) is 0 Å². The zero-order valence-electron chi connectivity index (χ0n) is 7.77. The molecule has 1 aliphatic heterocycles. The van der Waals surface area contributed by atoms with Gasteiger partial charge < -0.3 is 10.0 Å². The lowest BCUT2D eigenvalue weighted by atomic mass is 9.91. The van der Waals surface area contributed by atoms with Gasteiger partial charge in [-0.15, -0.1) is 10.2 Å². The molecule has 0 radical (unpaired) electrons. The second kappa shape index (κ2) is 3.02. The molecule has 0 aromatic carbocycles. The summed E-state index contributed by atoms with van der Waals surface area (Å²) in [6.07, 6.45) is 0.642. The van der Waals surface area contributed by atoms with Gasteiger partial charge in [-0.3, -0.25) is 4.79 Å². The van der Waals surface area contributed by atoms with E-state index in [1.807, 2.05) is 6.92 Å². The van der Waals surface area contributed by atoms with Crippen LogP contribution in [0.25, 0.3) is 0 Å². The molecule has 1 saturated heterocycles. The molecule has 2 heterocycles. The van der Waals surface area contributed by atoms with Gasteiger partial charge in [-0.2, -0.15) is 5.21 Å². The molecule has 1 aromatic heterocycles. The Hall–Kier alpha value is -1.50. The second-order valence-electron chi connectivity index (χ2n) is 3.47. The third kappa shape index (κ3) is 1.35. The summed E-state index contributed by atoms with van der Waals surface area (Å²) in [5.74, 6) is -0.250. The third-order valence-electron chi connectivity index (χ3n) is 2.45. The number of rotatable bonds is 2. The number of likely N-dealkylation sites (tertiary alicyclic amines) is 1. The van der Waals surface area contributed by atoms with Gasteiger partial charge in [0.2, 0.25) is 0 Å². The summed E-state index contributed by atoms with van der Waals surface area (Å²) in [4.78, 5) is 13.0. The molecule has 0 spiro atoms. The Bertz CT molecular complexity index is 330. The predicted molar refractivity (Wildman–Crippen MR) is 45.3 cm³/mol. The maximum absolute atomic E-state index is 11.5. The number of β-amino-alcohol motifs (C(OH)–C–C–N with tert-alkyl or cyclic N) is 1. The van der Waals surface area contributed by atoms with E-state index in [9.17, 15) is 9.90 Å². The van der Waals surface area contributed by atoms with Crippen LogP contribution in [0.5, 0.6) is 0 Å². The standard InChI is InChI=1S/C7H11N5O2/c1-2-7(14)3-12(4-7)6(13)5-8-10-11-9-5/h14H,2-4H2,1H3,(H,8,9,10,11). The average molecular weight is 197 g/mol. The summed E-state index contributed by atoms with van der Waals surface area (Å²) < 4.78 is 0. The number of carbonyl (C=O) groups is 1. The van der Waals surface area contributed by atoms with Crippen LogP contribution in [-0.4, -0.2) is 55.2 Å². The van der Waals surface area contributed by atoms with Crippen LogP contribution in [0.3, 0.4) is 0 Å². The van der Waals surface area contributed by atoms with E-state index < -0.39 is 5.60 Å². The van der Waals surface area contributed by atoms with Gasteiger partial charge in [0.15, 0.2) is 0 Å². The monoisotopic (exact) mass is 197 g/mol. The van der Waals surface area contributed by atoms with Gasteiger partial charge in [-0.05, 0) is 11.6 Å². The van der Waals surface area contributed by atoms with E-state index in [-0.39, 0.29) is 11.7 Å². The molecular formula is C7H11N5O2. The summed E-state index contributed by atoms with van der Waals surface area (Å²) in [5.41, 5.74) is -0.723. The molecule has 0 atom stereocenters. The topological polar surface area (TPSA) is 95.0 Å². The number of tetrazole rings is 1. The van der Waals surface area contributed by atoms with E-state index >= 15 is 0 Å². The molecule has 7 heteroatoms. The van der Waals surface area contributed by atoms with Crippen molar-refractivity contribution >= 4 is 5.91 Å². The summed E-state index contributed by atoms with van der Waals surface area (Å²) in [7, 11) is 0. The Morgan fingerprint density at radius 2 is 2.43 bits per heavy atom. The van der Waals surface area contributed by atoms with Crippen LogP contribution in [0.4, 0.5) is 0 Å². The van der Waals surface area contributed by atoms with Crippen molar-refractivity contribution in [3.8, 4) is 0 Å². The van der Waals surface area contributed by atoms with Crippen molar-refractivity contribution < 1.29 is 9.90 Å². The Morgan fingerprint density at radius 3 is 2.93 bits per heavy atom. The van der Waals surface area contributed by atoms with E-state index in [4.69, 9.17) is 0 Å². The van der Waals surface area contributed by atoms with Crippen LogP contribution in [0, 0.1) is 0 Å². The highest BCUT2D eigenvalue weighted by molar-refractivity contribution is 5.90. The molecule has 0 bridgehead atoms. The second-order valence-corrected chi connectivity index (χ2v) is 3.47. The largest absolute Gasteiger partial charge is 0.386 e. The van der Waals surface area contributed by atoms with Crippen LogP contribution in [-0.2, 0) is 0 Å². The molecule has 0 aliphatic carbocycles. The van der Waals surface area contributed by atoms with Gasteiger partial charge in [0, 0.05) is 0 Å². The van der Waals surface area contributed by atoms with Gasteiger partial charge >= 0.3 is 0 Å². The number of nitrogens with one attached hydrogen (secondary N) is 1. The number of H-pyrrole nitrogens is 1. The van der Waals surface area contributed by atoms with Crippen molar-refractivity contribution in [1.82, 2.24) is 25.5 Å². The van der Waals surface area contributed by atoms with E-state index in [2.05, 4.69) is 20.6 Å². The number of carbonyl (C=O) groups excluding carboxylic acids is 1. The minimum atomic E-state index is -0.723. The molecular weight excluding hydrogens is 186 g/mol. The smallest absolute Gasteiger partial charge is 0.295 e. The quantitative estimate of drug-likeness (QED) is 0.620. The summed E-state index contributed by atoms with van der Waals surface area (Å²) in [6.45, 7) is 2.57. The Kier molecular flexibility index (Phi) is 1.95. The number of aliphatic hydroxyl groups is 1. The molecule has 1 aromatic rings. The SMILES string of the molecule is CCC1(O)CN(C(=O)c2nn[nH]n2)C1. The van der Waals surface area contributed by atoms with E-state index in [1.165, 1.54) is 4.90 Å². The van der Waals surface area contributed by atoms with Crippen LogP contribution < -0.4 is 0 Å². The van der Waals surface area contributed by atoms with Gasteiger partial charge in [-0.1, -0.05) is 6.92 Å². The van der Waals surface area contributed by atoms with Crippen LogP contribution in [0.1, 0.15) is 24.0 Å². The molecule has 0 unspecified atom stereocenters. The fourth-order valence-corrected chi connectivity index (χ4v) is 1.43. The van der Waals surface area contributed by atoms with Gasteiger partial charge in [-0.25, -0.2) is 0 Å². The van der Waals surface area contributed by atoms with Gasteiger partial charge in [0.25, 0.3) is 11.7 Å². The molecule has 1 amide bonds. The minimum absolute atomic E-state index is 0.0446. The maximum atomic E-state index is 11.5. The number of nitrogens with zero attached hydrogens (tertiary/aromatic N) is 4. The van der Waals surface area contributed by atoms with Crippen molar-refractivity contribution in [3.63, 3.8) is 0 Å². The molecule has 0 saturated carbocycles. The van der Waals surface area contributed by atoms with Crippen molar-refractivity contribution in [2.24, 2.45) is 0 Å². The summed E-state index contributed by atoms with van der Waals surface area (Å²) >= 11 is 0. The highest BCUT2D eigenvalue weighted by Crippen LogP contribution is 2.24. The van der Waals surface area contributed by atoms with Gasteiger partial charge in [0.05, 0.1) is 18.7 Å². The van der Waals surface area contributed by atoms with E-state index in [0.717, 1.165) is 0 Å². The van der Waals surface area contributed by atoms with E-state index in [0.29, 0.717) is 19.5 Å². The maximum Gasteiger partial charge on any atom is 0.295 e. The normalized spacial score (nSPS) is 19.1. The molecule has 76 valence electrons. The molecule has 2 N–H and O–H groups in total. The first kappa shape index (κ1) is 9.07. The van der Waals surface area contributed by atoms with Crippen molar-refractivity contribution in [2.75, 3.05) is 13.1 Å². The zero-order chi connectivity index (χ0) is 10.2. The van der Waals surface area contributed by atoms with Crippen molar-refractivity contribution in [3.05, 3.63) is 5.82 Å². The van der Waals surface area contributed by atoms with Crippen LogP contribution >= 0.6 is 0 Å². The Labute approximate surface area is 80.1 Å². The lowest BCUT2D eigenvalue weighted by molar-refractivity contribution is -0.0830. The van der Waals surface area contributed by atoms with Crippen LogP contribution in [0.15, 0.2) is 0 Å². The van der Waals surface area contributed by atoms with Gasteiger partial charge in [0.1, 0.15) is 0 Å². The van der Waals surface area contributed by atoms with Crippen molar-refractivity contribution in [2.45, 2.75) is 18.9 Å². The first-order valence-electron chi connectivity index (χ1n) is 4.40. The Morgan fingerprint density at radius 1 is 1.71 bits per heavy atom. The Balaban J connectivity index is 1.98. The van der Waals surface area contributed by atoms with Crippen molar-refractivity contribution in [1.29, 1.82) is 0 Å². The molecule has 14 heavy (non-hydrogen) atoms. The molecule has 1 aliphatic rings. The lowest BCUT2D eigenvalue weighted by Gasteiger charge is -2.45. The zero-order valence-corrected chi connectivity index (χ0v) is 7.77.